The lowest BCUT2D eigenvalue weighted by atomic mass is 10.1. The predicted octanol–water partition coefficient (Wildman–Crippen LogP) is 2.80. The molecule has 0 aliphatic heterocycles. The molecular weight excluding hydrogens is 308 g/mol. The summed E-state index contributed by atoms with van der Waals surface area (Å²) in [6, 6.07) is 4.95. The molecule has 0 aliphatic carbocycles. The molecule has 0 saturated heterocycles. The summed E-state index contributed by atoms with van der Waals surface area (Å²) < 4.78 is 6.36. The first kappa shape index (κ1) is 15.8. The standard InChI is InChI=1S/C15H13ClN2O4/c1-2-22-15(21)11-8-17-18(9-11)13-5-4-12(16)7-10(13)3-6-14(19)20/h3-9H,2H2,1H3,(H,19,20)/b6-3+. The van der Waals surface area contributed by atoms with E-state index in [0.29, 0.717) is 21.8 Å². The summed E-state index contributed by atoms with van der Waals surface area (Å²) in [4.78, 5) is 22.3. The minimum absolute atomic E-state index is 0.275. The second-order valence-electron chi connectivity index (χ2n) is 4.27. The molecule has 7 heteroatoms. The highest BCUT2D eigenvalue weighted by atomic mass is 35.5. The average molecular weight is 321 g/mol. The van der Waals surface area contributed by atoms with Gasteiger partial charge in [-0.2, -0.15) is 5.10 Å². The minimum Gasteiger partial charge on any atom is -0.478 e. The van der Waals surface area contributed by atoms with Crippen LogP contribution in [0.4, 0.5) is 0 Å². The van der Waals surface area contributed by atoms with Gasteiger partial charge in [0.05, 0.1) is 24.1 Å². The van der Waals surface area contributed by atoms with E-state index in [9.17, 15) is 9.59 Å². The SMILES string of the molecule is CCOC(=O)c1cnn(-c2ccc(Cl)cc2/C=C/C(=O)O)c1. The van der Waals surface area contributed by atoms with Gasteiger partial charge in [0.2, 0.25) is 0 Å². The van der Waals surface area contributed by atoms with E-state index in [1.165, 1.54) is 23.2 Å². The summed E-state index contributed by atoms with van der Waals surface area (Å²) in [5, 5.41) is 13.3. The van der Waals surface area contributed by atoms with E-state index >= 15 is 0 Å². The Morgan fingerprint density at radius 1 is 1.45 bits per heavy atom. The molecule has 0 spiro atoms. The zero-order chi connectivity index (χ0) is 16.1. The molecule has 0 saturated carbocycles. The number of carboxylic acids is 1. The molecule has 22 heavy (non-hydrogen) atoms. The summed E-state index contributed by atoms with van der Waals surface area (Å²) >= 11 is 5.93. The van der Waals surface area contributed by atoms with Crippen LogP contribution in [-0.2, 0) is 9.53 Å². The third-order valence-electron chi connectivity index (χ3n) is 2.74. The zero-order valence-corrected chi connectivity index (χ0v) is 12.4. The maximum Gasteiger partial charge on any atom is 0.341 e. The van der Waals surface area contributed by atoms with Crippen molar-refractivity contribution < 1.29 is 19.4 Å². The van der Waals surface area contributed by atoms with Gasteiger partial charge in [0.15, 0.2) is 0 Å². The van der Waals surface area contributed by atoms with Crippen molar-refractivity contribution in [2.75, 3.05) is 6.61 Å². The number of aliphatic carboxylic acids is 1. The van der Waals surface area contributed by atoms with Gasteiger partial charge in [0.25, 0.3) is 0 Å². The van der Waals surface area contributed by atoms with Gasteiger partial charge in [-0.25, -0.2) is 14.3 Å². The Labute approximate surface area is 131 Å². The van der Waals surface area contributed by atoms with Gasteiger partial charge in [-0.3, -0.25) is 0 Å². The summed E-state index contributed by atoms with van der Waals surface area (Å²) in [5.74, 6) is -1.54. The Hall–Kier alpha value is -2.60. The topological polar surface area (TPSA) is 81.4 Å². The molecule has 1 heterocycles. The van der Waals surface area contributed by atoms with E-state index in [1.807, 2.05) is 0 Å². The van der Waals surface area contributed by atoms with Crippen LogP contribution >= 0.6 is 11.6 Å². The maximum absolute atomic E-state index is 11.7. The number of esters is 1. The molecule has 114 valence electrons. The van der Waals surface area contributed by atoms with Crippen molar-refractivity contribution in [1.82, 2.24) is 9.78 Å². The molecule has 2 rings (SSSR count). The quantitative estimate of drug-likeness (QED) is 0.676. The van der Waals surface area contributed by atoms with Crippen LogP contribution in [0.2, 0.25) is 5.02 Å². The molecule has 0 radical (unpaired) electrons. The number of benzene rings is 1. The fourth-order valence-electron chi connectivity index (χ4n) is 1.80. The third kappa shape index (κ3) is 3.73. The van der Waals surface area contributed by atoms with Gasteiger partial charge in [-0.05, 0) is 31.2 Å². The molecule has 6 nitrogen and oxygen atoms in total. The van der Waals surface area contributed by atoms with E-state index in [0.717, 1.165) is 6.08 Å². The van der Waals surface area contributed by atoms with Crippen LogP contribution in [0.3, 0.4) is 0 Å². The molecular formula is C15H13ClN2O4. The van der Waals surface area contributed by atoms with Crippen LogP contribution in [0.15, 0.2) is 36.7 Å². The number of carbonyl (C=O) groups is 2. The molecule has 1 N–H and O–H groups in total. The van der Waals surface area contributed by atoms with Crippen molar-refractivity contribution >= 4 is 29.6 Å². The number of carboxylic acid groups (broad SMARTS) is 1. The zero-order valence-electron chi connectivity index (χ0n) is 11.7. The second kappa shape index (κ2) is 6.91. The van der Waals surface area contributed by atoms with Crippen molar-refractivity contribution in [1.29, 1.82) is 0 Å². The fraction of sp³-hybridized carbons (Fsp3) is 0.133. The lowest BCUT2D eigenvalue weighted by Crippen LogP contribution is -2.03. The molecule has 0 bridgehead atoms. The van der Waals surface area contributed by atoms with E-state index < -0.39 is 11.9 Å². The molecule has 0 atom stereocenters. The highest BCUT2D eigenvalue weighted by molar-refractivity contribution is 6.30. The molecule has 0 amide bonds. The number of halogens is 1. The minimum atomic E-state index is -1.07. The van der Waals surface area contributed by atoms with Crippen molar-refractivity contribution in [2.24, 2.45) is 0 Å². The van der Waals surface area contributed by atoms with Crippen LogP contribution in [0, 0.1) is 0 Å². The second-order valence-corrected chi connectivity index (χ2v) is 4.71. The first-order valence-electron chi connectivity index (χ1n) is 6.44. The number of ether oxygens (including phenoxy) is 1. The first-order valence-corrected chi connectivity index (χ1v) is 6.81. The predicted molar refractivity (Wildman–Crippen MR) is 81.2 cm³/mol. The molecule has 2 aromatic rings. The van der Waals surface area contributed by atoms with Gasteiger partial charge in [-0.15, -0.1) is 0 Å². The van der Waals surface area contributed by atoms with Crippen molar-refractivity contribution in [2.45, 2.75) is 6.92 Å². The molecule has 1 aromatic heterocycles. The summed E-state index contributed by atoms with van der Waals surface area (Å²) in [6.45, 7) is 1.99. The Morgan fingerprint density at radius 3 is 2.91 bits per heavy atom. The molecule has 0 unspecified atom stereocenters. The number of rotatable bonds is 5. The van der Waals surface area contributed by atoms with Crippen molar-refractivity contribution in [3.05, 3.63) is 52.8 Å². The Balaban J connectivity index is 2.40. The Bertz CT molecular complexity index is 737. The molecule has 0 fully saturated rings. The fourth-order valence-corrected chi connectivity index (χ4v) is 1.98. The van der Waals surface area contributed by atoms with E-state index in [4.69, 9.17) is 21.4 Å². The van der Waals surface area contributed by atoms with Gasteiger partial charge in [0, 0.05) is 22.9 Å². The van der Waals surface area contributed by atoms with E-state index in [-0.39, 0.29) is 6.61 Å². The highest BCUT2D eigenvalue weighted by Crippen LogP contribution is 2.21. The van der Waals surface area contributed by atoms with Crippen LogP contribution in [-0.4, -0.2) is 33.4 Å². The van der Waals surface area contributed by atoms with Crippen LogP contribution in [0.5, 0.6) is 0 Å². The van der Waals surface area contributed by atoms with Gasteiger partial charge < -0.3 is 9.84 Å². The summed E-state index contributed by atoms with van der Waals surface area (Å²) in [7, 11) is 0. The number of carbonyl (C=O) groups excluding carboxylic acids is 1. The lowest BCUT2D eigenvalue weighted by molar-refractivity contribution is -0.131. The molecule has 1 aromatic carbocycles. The Kier molecular flexibility index (Phi) is 4.95. The lowest BCUT2D eigenvalue weighted by Gasteiger charge is -2.06. The number of aromatic nitrogens is 2. The largest absolute Gasteiger partial charge is 0.478 e. The average Bonchev–Trinajstić information content (AvgIpc) is 2.95. The summed E-state index contributed by atoms with van der Waals surface area (Å²) in [6.07, 6.45) is 5.32. The van der Waals surface area contributed by atoms with Crippen LogP contribution in [0.1, 0.15) is 22.8 Å². The smallest absolute Gasteiger partial charge is 0.341 e. The number of hydrogen-bond donors (Lipinski definition) is 1. The number of hydrogen-bond acceptors (Lipinski definition) is 4. The van der Waals surface area contributed by atoms with Crippen molar-refractivity contribution in [3.63, 3.8) is 0 Å². The van der Waals surface area contributed by atoms with Gasteiger partial charge in [0.1, 0.15) is 0 Å². The first-order chi connectivity index (χ1) is 10.5. The summed E-state index contributed by atoms with van der Waals surface area (Å²) in [5.41, 5.74) is 1.47. The maximum atomic E-state index is 11.7. The normalized spacial score (nSPS) is 10.8. The van der Waals surface area contributed by atoms with Gasteiger partial charge in [-0.1, -0.05) is 11.6 Å². The third-order valence-corrected chi connectivity index (χ3v) is 2.97. The van der Waals surface area contributed by atoms with Gasteiger partial charge >= 0.3 is 11.9 Å². The van der Waals surface area contributed by atoms with Crippen molar-refractivity contribution in [3.8, 4) is 5.69 Å². The monoisotopic (exact) mass is 320 g/mol. The van der Waals surface area contributed by atoms with E-state index in [2.05, 4.69) is 5.10 Å². The Morgan fingerprint density at radius 2 is 2.23 bits per heavy atom. The van der Waals surface area contributed by atoms with E-state index in [1.54, 1.807) is 25.1 Å². The molecule has 0 aliphatic rings. The van der Waals surface area contributed by atoms with Crippen LogP contribution < -0.4 is 0 Å². The highest BCUT2D eigenvalue weighted by Gasteiger charge is 2.12. The van der Waals surface area contributed by atoms with Crippen LogP contribution in [0.25, 0.3) is 11.8 Å². The number of nitrogens with zero attached hydrogens (tertiary/aromatic N) is 2.